The molecule has 0 fully saturated rings. The molecule has 0 aliphatic heterocycles. The fourth-order valence-electron chi connectivity index (χ4n) is 2.91. The van der Waals surface area contributed by atoms with Crippen LogP contribution in [-0.4, -0.2) is 16.9 Å². The highest BCUT2D eigenvalue weighted by molar-refractivity contribution is 6.03. The van der Waals surface area contributed by atoms with Crippen LogP contribution in [0.5, 0.6) is 0 Å². The van der Waals surface area contributed by atoms with E-state index in [4.69, 9.17) is 4.74 Å². The van der Waals surface area contributed by atoms with Gasteiger partial charge in [-0.2, -0.15) is 0 Å². The van der Waals surface area contributed by atoms with Crippen molar-refractivity contribution >= 4 is 16.7 Å². The Bertz CT molecular complexity index is 857. The molecule has 3 heteroatoms. The van der Waals surface area contributed by atoms with Crippen molar-refractivity contribution < 1.29 is 9.53 Å². The monoisotopic (exact) mass is 289 g/mol. The number of aromatic nitrogens is 1. The molecule has 22 heavy (non-hydrogen) atoms. The predicted molar refractivity (Wildman–Crippen MR) is 84.8 cm³/mol. The summed E-state index contributed by atoms with van der Waals surface area (Å²) < 4.78 is 5.82. The first kappa shape index (κ1) is 13.2. The van der Waals surface area contributed by atoms with Crippen LogP contribution in [0.15, 0.2) is 60.7 Å². The number of ether oxygens (including phenoxy) is 1. The van der Waals surface area contributed by atoms with E-state index in [1.54, 1.807) is 0 Å². The minimum absolute atomic E-state index is 0.0800. The number of ketones is 1. The van der Waals surface area contributed by atoms with Gasteiger partial charge in [0.25, 0.3) is 0 Å². The van der Waals surface area contributed by atoms with Crippen LogP contribution >= 0.6 is 0 Å². The minimum Gasteiger partial charge on any atom is -0.363 e. The van der Waals surface area contributed by atoms with Gasteiger partial charge in [0, 0.05) is 17.4 Å². The average Bonchev–Trinajstić information content (AvgIpc) is 2.89. The molecule has 3 aromatic rings. The lowest BCUT2D eigenvalue weighted by atomic mass is 10.1. The summed E-state index contributed by atoms with van der Waals surface area (Å²) in [6.45, 7) is 0.356. The molecular formula is C19H15NO2. The van der Waals surface area contributed by atoms with Crippen molar-refractivity contribution in [3.63, 3.8) is 0 Å². The fourth-order valence-corrected chi connectivity index (χ4v) is 2.91. The zero-order valence-electron chi connectivity index (χ0n) is 12.0. The molecule has 0 amide bonds. The second-order valence-electron chi connectivity index (χ2n) is 5.52. The summed E-state index contributed by atoms with van der Waals surface area (Å²) in [5.41, 5.74) is 3.66. The molecular weight excluding hydrogens is 274 g/mol. The Hall–Kier alpha value is -2.52. The van der Waals surface area contributed by atoms with E-state index in [1.165, 1.54) is 0 Å². The zero-order chi connectivity index (χ0) is 14.9. The molecule has 4 rings (SSSR count). The van der Waals surface area contributed by atoms with Gasteiger partial charge in [-0.3, -0.25) is 9.78 Å². The second-order valence-corrected chi connectivity index (χ2v) is 5.52. The number of fused-ring (bicyclic) bond motifs is 2. The van der Waals surface area contributed by atoms with Gasteiger partial charge in [-0.1, -0.05) is 48.5 Å². The highest BCUT2D eigenvalue weighted by atomic mass is 16.5. The molecule has 1 heterocycles. The molecule has 0 spiro atoms. The third-order valence-electron chi connectivity index (χ3n) is 4.07. The van der Waals surface area contributed by atoms with Crippen LogP contribution in [0.3, 0.4) is 0 Å². The van der Waals surface area contributed by atoms with Gasteiger partial charge in [0.05, 0.1) is 17.8 Å². The number of hydrogen-bond acceptors (Lipinski definition) is 3. The number of hydrogen-bond donors (Lipinski definition) is 0. The van der Waals surface area contributed by atoms with Gasteiger partial charge >= 0.3 is 0 Å². The molecule has 2 aromatic carbocycles. The first-order valence-electron chi connectivity index (χ1n) is 7.40. The molecule has 1 aromatic heterocycles. The summed E-state index contributed by atoms with van der Waals surface area (Å²) in [5.74, 6) is 0.0800. The predicted octanol–water partition coefficient (Wildman–Crippen LogP) is 3.56. The Balaban J connectivity index is 1.50. The van der Waals surface area contributed by atoms with Crippen LogP contribution in [0, 0.1) is 0 Å². The van der Waals surface area contributed by atoms with Crippen LogP contribution in [0.25, 0.3) is 10.9 Å². The maximum atomic E-state index is 12.3. The van der Waals surface area contributed by atoms with Crippen molar-refractivity contribution in [3.05, 3.63) is 77.5 Å². The normalized spacial score (nSPS) is 16.9. The Morgan fingerprint density at radius 2 is 1.82 bits per heavy atom. The van der Waals surface area contributed by atoms with Gasteiger partial charge < -0.3 is 4.74 Å². The number of carbonyl (C=O) groups is 1. The minimum atomic E-state index is -0.384. The fraction of sp³-hybridized carbons (Fsp3) is 0.158. The second kappa shape index (κ2) is 5.35. The van der Waals surface area contributed by atoms with Gasteiger partial charge in [0.15, 0.2) is 5.78 Å². The number of Topliss-reactive ketones (excluding diaryl/α,β-unsaturated/α-hetero) is 1. The number of rotatable bonds is 3. The topological polar surface area (TPSA) is 39.2 Å². The highest BCUT2D eigenvalue weighted by Gasteiger charge is 2.30. The van der Waals surface area contributed by atoms with Crippen LogP contribution in [0.2, 0.25) is 0 Å². The molecule has 1 aliphatic rings. The molecule has 1 aliphatic carbocycles. The van der Waals surface area contributed by atoms with Crippen molar-refractivity contribution in [1.82, 2.24) is 4.98 Å². The van der Waals surface area contributed by atoms with Crippen molar-refractivity contribution in [3.8, 4) is 0 Å². The first-order valence-corrected chi connectivity index (χ1v) is 7.40. The number of nitrogens with zero attached hydrogens (tertiary/aromatic N) is 1. The van der Waals surface area contributed by atoms with Crippen LogP contribution < -0.4 is 0 Å². The van der Waals surface area contributed by atoms with Gasteiger partial charge in [-0.05, 0) is 17.7 Å². The largest absolute Gasteiger partial charge is 0.363 e. The molecule has 0 saturated heterocycles. The van der Waals surface area contributed by atoms with E-state index < -0.39 is 0 Å². The van der Waals surface area contributed by atoms with Crippen molar-refractivity contribution in [1.29, 1.82) is 0 Å². The van der Waals surface area contributed by atoms with Crippen molar-refractivity contribution in [2.24, 2.45) is 0 Å². The van der Waals surface area contributed by atoms with Gasteiger partial charge in [-0.25, -0.2) is 0 Å². The van der Waals surface area contributed by atoms with E-state index in [-0.39, 0.29) is 11.9 Å². The zero-order valence-corrected chi connectivity index (χ0v) is 12.0. The number of carbonyl (C=O) groups excluding carboxylic acids is 1. The average molecular weight is 289 g/mol. The first-order chi connectivity index (χ1) is 10.8. The quantitative estimate of drug-likeness (QED) is 0.740. The molecule has 1 atom stereocenters. The van der Waals surface area contributed by atoms with E-state index in [9.17, 15) is 4.79 Å². The molecule has 3 nitrogen and oxygen atoms in total. The van der Waals surface area contributed by atoms with E-state index in [2.05, 4.69) is 4.98 Å². The summed E-state index contributed by atoms with van der Waals surface area (Å²) >= 11 is 0. The van der Waals surface area contributed by atoms with E-state index >= 15 is 0 Å². The van der Waals surface area contributed by atoms with Crippen LogP contribution in [0.4, 0.5) is 0 Å². The van der Waals surface area contributed by atoms with Gasteiger partial charge in [-0.15, -0.1) is 0 Å². The molecule has 108 valence electrons. The van der Waals surface area contributed by atoms with E-state index in [0.29, 0.717) is 13.0 Å². The van der Waals surface area contributed by atoms with E-state index in [1.807, 2.05) is 60.7 Å². The lowest BCUT2D eigenvalue weighted by molar-refractivity contribution is 0.0375. The smallest absolute Gasteiger partial charge is 0.192 e. The Kier molecular flexibility index (Phi) is 3.20. The van der Waals surface area contributed by atoms with Crippen LogP contribution in [0.1, 0.15) is 21.6 Å². The number of pyridine rings is 1. The maximum absolute atomic E-state index is 12.3. The Labute approximate surface area is 128 Å². The molecule has 0 saturated carbocycles. The van der Waals surface area contributed by atoms with Crippen molar-refractivity contribution in [2.75, 3.05) is 0 Å². The third-order valence-corrected chi connectivity index (χ3v) is 4.07. The Morgan fingerprint density at radius 1 is 1.00 bits per heavy atom. The summed E-state index contributed by atoms with van der Waals surface area (Å²) in [7, 11) is 0. The standard InChI is InChI=1S/C19H15NO2/c21-19-16-7-3-1-6-14(16)11-18(19)22-12-15-10-9-13-5-2-4-8-17(13)20-15/h1-10,18H,11-12H2. The maximum Gasteiger partial charge on any atom is 0.192 e. The lowest BCUT2D eigenvalue weighted by Gasteiger charge is -2.10. The third kappa shape index (κ3) is 2.30. The molecule has 0 bridgehead atoms. The SMILES string of the molecule is O=C1c2ccccc2CC1OCc1ccc2ccccc2n1. The molecule has 1 unspecified atom stereocenters. The summed E-state index contributed by atoms with van der Waals surface area (Å²) in [5, 5.41) is 1.11. The number of benzene rings is 2. The number of para-hydroxylation sites is 1. The summed E-state index contributed by atoms with van der Waals surface area (Å²) in [4.78, 5) is 16.9. The van der Waals surface area contributed by atoms with Crippen LogP contribution in [-0.2, 0) is 17.8 Å². The summed E-state index contributed by atoms with van der Waals surface area (Å²) in [6, 6.07) is 19.7. The van der Waals surface area contributed by atoms with Gasteiger partial charge in [0.2, 0.25) is 0 Å². The molecule has 0 radical (unpaired) electrons. The summed E-state index contributed by atoms with van der Waals surface area (Å²) in [6.07, 6.45) is 0.272. The van der Waals surface area contributed by atoms with E-state index in [0.717, 1.165) is 27.7 Å². The highest BCUT2D eigenvalue weighted by Crippen LogP contribution is 2.24. The van der Waals surface area contributed by atoms with Crippen molar-refractivity contribution in [2.45, 2.75) is 19.1 Å². The molecule has 0 N–H and O–H groups in total. The Morgan fingerprint density at radius 3 is 2.73 bits per heavy atom. The van der Waals surface area contributed by atoms with Gasteiger partial charge in [0.1, 0.15) is 6.10 Å². The lowest BCUT2D eigenvalue weighted by Crippen LogP contribution is -2.20.